The van der Waals surface area contributed by atoms with Crippen LogP contribution in [0.4, 0.5) is 0 Å². The molecule has 56 valence electrons. The molecule has 4 heteroatoms. The lowest BCUT2D eigenvalue weighted by Gasteiger charge is -2.20. The summed E-state index contributed by atoms with van der Waals surface area (Å²) in [6.07, 6.45) is 2.48. The van der Waals surface area contributed by atoms with Crippen LogP contribution in [0.5, 0.6) is 0 Å². The summed E-state index contributed by atoms with van der Waals surface area (Å²) in [4.78, 5) is 10.3. The van der Waals surface area contributed by atoms with E-state index in [0.29, 0.717) is 6.61 Å². The molecule has 10 heavy (non-hydrogen) atoms. The van der Waals surface area contributed by atoms with E-state index in [4.69, 9.17) is 15.6 Å². The first-order valence-electron chi connectivity index (χ1n) is 2.98. The quantitative estimate of drug-likeness (QED) is 0.478. The molecule has 2 atom stereocenters. The van der Waals surface area contributed by atoms with Crippen molar-refractivity contribution < 1.29 is 14.6 Å². The predicted molar refractivity (Wildman–Crippen MR) is 34.5 cm³/mol. The lowest BCUT2D eigenvalue weighted by atomic mass is 10.1. The highest BCUT2D eigenvalue weighted by atomic mass is 16.5. The topological polar surface area (TPSA) is 72.5 Å². The van der Waals surface area contributed by atoms with Crippen molar-refractivity contribution in [3.8, 4) is 0 Å². The number of ether oxygens (including phenoxy) is 1. The molecule has 0 aromatic heterocycles. The molecular weight excluding hydrogens is 134 g/mol. The van der Waals surface area contributed by atoms with E-state index < -0.39 is 18.1 Å². The first-order chi connectivity index (χ1) is 4.72. The van der Waals surface area contributed by atoms with Gasteiger partial charge < -0.3 is 15.6 Å². The van der Waals surface area contributed by atoms with E-state index >= 15 is 0 Å². The van der Waals surface area contributed by atoms with Gasteiger partial charge in [0, 0.05) is 0 Å². The molecule has 0 bridgehead atoms. The Morgan fingerprint density at radius 3 is 2.90 bits per heavy atom. The fourth-order valence-corrected chi connectivity index (χ4v) is 0.820. The van der Waals surface area contributed by atoms with Gasteiger partial charge >= 0.3 is 5.97 Å². The van der Waals surface area contributed by atoms with Crippen molar-refractivity contribution in [1.29, 1.82) is 0 Å². The fourth-order valence-electron chi connectivity index (χ4n) is 0.820. The SMILES string of the molecule is N[C@H]1C=CCO[C@@H]1C(=O)O. The van der Waals surface area contributed by atoms with Gasteiger partial charge in [0.1, 0.15) is 0 Å². The van der Waals surface area contributed by atoms with Crippen molar-refractivity contribution in [3.63, 3.8) is 0 Å². The molecule has 0 radical (unpaired) electrons. The van der Waals surface area contributed by atoms with Crippen LogP contribution in [0, 0.1) is 0 Å². The predicted octanol–water partition coefficient (Wildman–Crippen LogP) is -0.647. The van der Waals surface area contributed by atoms with Crippen LogP contribution in [-0.4, -0.2) is 29.8 Å². The Kier molecular flexibility index (Phi) is 2.03. The van der Waals surface area contributed by atoms with Crippen LogP contribution in [0.15, 0.2) is 12.2 Å². The second kappa shape index (κ2) is 2.81. The fraction of sp³-hybridized carbons (Fsp3) is 0.500. The maximum atomic E-state index is 10.3. The van der Waals surface area contributed by atoms with Gasteiger partial charge in [0.05, 0.1) is 12.6 Å². The van der Waals surface area contributed by atoms with Crippen LogP contribution in [0.3, 0.4) is 0 Å². The number of carbonyl (C=O) groups is 1. The van der Waals surface area contributed by atoms with Crippen LogP contribution < -0.4 is 5.73 Å². The molecule has 0 fully saturated rings. The number of carboxylic acids is 1. The van der Waals surface area contributed by atoms with Gasteiger partial charge in [-0.25, -0.2) is 4.79 Å². The minimum atomic E-state index is -1.00. The molecule has 0 spiro atoms. The zero-order valence-corrected chi connectivity index (χ0v) is 5.36. The van der Waals surface area contributed by atoms with E-state index in [9.17, 15) is 4.79 Å². The Hall–Kier alpha value is -0.870. The average molecular weight is 143 g/mol. The number of carboxylic acid groups (broad SMARTS) is 1. The highest BCUT2D eigenvalue weighted by Gasteiger charge is 2.25. The molecule has 1 heterocycles. The normalized spacial score (nSPS) is 32.1. The summed E-state index contributed by atoms with van der Waals surface area (Å²) >= 11 is 0. The lowest BCUT2D eigenvalue weighted by Crippen LogP contribution is -2.43. The molecule has 0 aliphatic carbocycles. The second-order valence-electron chi connectivity index (χ2n) is 2.10. The summed E-state index contributed by atoms with van der Waals surface area (Å²) in [6.45, 7) is 0.338. The Morgan fingerprint density at radius 2 is 2.50 bits per heavy atom. The maximum absolute atomic E-state index is 10.3. The molecule has 3 N–H and O–H groups in total. The van der Waals surface area contributed by atoms with E-state index in [0.717, 1.165) is 0 Å². The van der Waals surface area contributed by atoms with E-state index in [-0.39, 0.29) is 0 Å². The number of hydrogen-bond donors (Lipinski definition) is 2. The largest absolute Gasteiger partial charge is 0.479 e. The summed E-state index contributed by atoms with van der Waals surface area (Å²) in [7, 11) is 0. The molecule has 0 amide bonds. The van der Waals surface area contributed by atoms with Crippen LogP contribution in [0.2, 0.25) is 0 Å². The Labute approximate surface area is 58.3 Å². The van der Waals surface area contributed by atoms with Crippen molar-refractivity contribution in [1.82, 2.24) is 0 Å². The van der Waals surface area contributed by atoms with Crippen molar-refractivity contribution in [3.05, 3.63) is 12.2 Å². The van der Waals surface area contributed by atoms with Crippen molar-refractivity contribution >= 4 is 5.97 Å². The van der Waals surface area contributed by atoms with Crippen LogP contribution >= 0.6 is 0 Å². The van der Waals surface area contributed by atoms with Gasteiger partial charge in [-0.1, -0.05) is 12.2 Å². The first kappa shape index (κ1) is 7.24. The lowest BCUT2D eigenvalue weighted by molar-refractivity contribution is -0.150. The van der Waals surface area contributed by atoms with Crippen molar-refractivity contribution in [2.45, 2.75) is 12.1 Å². The van der Waals surface area contributed by atoms with Gasteiger partial charge in [-0.3, -0.25) is 0 Å². The van der Waals surface area contributed by atoms with Crippen molar-refractivity contribution in [2.75, 3.05) is 6.61 Å². The summed E-state index contributed by atoms with van der Waals surface area (Å²) < 4.78 is 4.84. The monoisotopic (exact) mass is 143 g/mol. The van der Waals surface area contributed by atoms with Crippen LogP contribution in [0.1, 0.15) is 0 Å². The van der Waals surface area contributed by atoms with Crippen molar-refractivity contribution in [2.24, 2.45) is 5.73 Å². The summed E-state index contributed by atoms with van der Waals surface area (Å²) in [5.41, 5.74) is 5.39. The van der Waals surface area contributed by atoms with E-state index in [1.54, 1.807) is 12.2 Å². The average Bonchev–Trinajstić information content (AvgIpc) is 1.88. The molecule has 0 aromatic carbocycles. The number of nitrogens with two attached hydrogens (primary N) is 1. The summed E-state index contributed by atoms with van der Waals surface area (Å²) in [5.74, 6) is -1.00. The smallest absolute Gasteiger partial charge is 0.334 e. The Balaban J connectivity index is 2.60. The van der Waals surface area contributed by atoms with E-state index in [2.05, 4.69) is 0 Å². The highest BCUT2D eigenvalue weighted by Crippen LogP contribution is 2.04. The highest BCUT2D eigenvalue weighted by molar-refractivity contribution is 5.73. The van der Waals surface area contributed by atoms with E-state index in [1.807, 2.05) is 0 Å². The molecule has 1 aliphatic rings. The number of rotatable bonds is 1. The van der Waals surface area contributed by atoms with Gasteiger partial charge in [0.2, 0.25) is 0 Å². The van der Waals surface area contributed by atoms with Crippen LogP contribution in [0.25, 0.3) is 0 Å². The van der Waals surface area contributed by atoms with Gasteiger partial charge in [0.25, 0.3) is 0 Å². The number of aliphatic carboxylic acids is 1. The van der Waals surface area contributed by atoms with Gasteiger partial charge in [-0.2, -0.15) is 0 Å². The third-order valence-electron chi connectivity index (χ3n) is 1.32. The third kappa shape index (κ3) is 1.34. The summed E-state index contributed by atoms with van der Waals surface area (Å²) in [6, 6.07) is -0.508. The van der Waals surface area contributed by atoms with Gasteiger partial charge in [0.15, 0.2) is 6.10 Å². The molecule has 1 aliphatic heterocycles. The first-order valence-corrected chi connectivity index (χ1v) is 2.98. The third-order valence-corrected chi connectivity index (χ3v) is 1.32. The minimum Gasteiger partial charge on any atom is -0.479 e. The molecule has 1 rings (SSSR count). The molecule has 0 saturated carbocycles. The minimum absolute atomic E-state index is 0.338. The molecule has 0 unspecified atom stereocenters. The van der Waals surface area contributed by atoms with Gasteiger partial charge in [-0.15, -0.1) is 0 Å². The zero-order chi connectivity index (χ0) is 7.56. The molecule has 0 saturated heterocycles. The zero-order valence-electron chi connectivity index (χ0n) is 5.36. The molecule has 0 aromatic rings. The molecular formula is C6H9NO3. The Morgan fingerprint density at radius 1 is 1.80 bits per heavy atom. The summed E-state index contributed by atoms with van der Waals surface area (Å²) in [5, 5.41) is 8.47. The number of hydrogen-bond acceptors (Lipinski definition) is 3. The maximum Gasteiger partial charge on any atom is 0.334 e. The molecule has 4 nitrogen and oxygen atoms in total. The van der Waals surface area contributed by atoms with E-state index in [1.165, 1.54) is 0 Å². The standard InChI is InChI=1S/C6H9NO3/c7-4-2-1-3-10-5(4)6(8)9/h1-2,4-5H,3,7H2,(H,8,9)/t4-,5-/m0/s1. The second-order valence-corrected chi connectivity index (χ2v) is 2.10. The van der Waals surface area contributed by atoms with Crippen LogP contribution in [-0.2, 0) is 9.53 Å². The Bertz CT molecular complexity index is 166. The van der Waals surface area contributed by atoms with Gasteiger partial charge in [-0.05, 0) is 0 Å².